The molecule has 0 radical (unpaired) electrons. The van der Waals surface area contributed by atoms with Gasteiger partial charge in [-0.15, -0.1) is 5.10 Å². The van der Waals surface area contributed by atoms with Gasteiger partial charge in [0.25, 0.3) is 5.91 Å². The number of anilines is 1. The molecule has 130 valence electrons. The molecule has 0 saturated heterocycles. The van der Waals surface area contributed by atoms with Crippen molar-refractivity contribution in [3.05, 3.63) is 65.9 Å². The van der Waals surface area contributed by atoms with E-state index in [2.05, 4.69) is 15.5 Å². The average Bonchev–Trinajstić information content (AvgIpc) is 3.12. The molecule has 1 aromatic heterocycles. The maximum atomic E-state index is 12.4. The molecular formula is C19H15N3O4. The summed E-state index contributed by atoms with van der Waals surface area (Å²) in [4.78, 5) is 12.4. The van der Waals surface area contributed by atoms with Crippen molar-refractivity contribution in [3.8, 4) is 23.1 Å². The first-order valence-electron chi connectivity index (χ1n) is 7.97. The number of hydrogen-bond donors (Lipinski definition) is 1. The SMILES string of the molecule is Cc1ccc(Oc2ccc(C(=O)Nc3ccc4c(c3)OCO4)cc2)nn1. The van der Waals surface area contributed by atoms with E-state index in [1.165, 1.54) is 0 Å². The highest BCUT2D eigenvalue weighted by atomic mass is 16.7. The van der Waals surface area contributed by atoms with Crippen molar-refractivity contribution in [1.29, 1.82) is 0 Å². The second-order valence-corrected chi connectivity index (χ2v) is 5.66. The minimum absolute atomic E-state index is 0.194. The van der Waals surface area contributed by atoms with Crippen LogP contribution < -0.4 is 19.5 Å². The summed E-state index contributed by atoms with van der Waals surface area (Å²) in [7, 11) is 0. The lowest BCUT2D eigenvalue weighted by Crippen LogP contribution is -2.11. The Labute approximate surface area is 149 Å². The molecule has 2 aromatic carbocycles. The smallest absolute Gasteiger partial charge is 0.255 e. The fourth-order valence-corrected chi connectivity index (χ4v) is 2.41. The molecule has 1 aliphatic heterocycles. The van der Waals surface area contributed by atoms with Crippen LogP contribution in [0.5, 0.6) is 23.1 Å². The Balaban J connectivity index is 1.42. The van der Waals surface area contributed by atoms with Gasteiger partial charge in [-0.05, 0) is 49.4 Å². The Hall–Kier alpha value is -3.61. The molecule has 3 aromatic rings. The Morgan fingerprint density at radius 1 is 1.00 bits per heavy atom. The lowest BCUT2D eigenvalue weighted by atomic mass is 10.2. The van der Waals surface area contributed by atoms with Gasteiger partial charge in [0.1, 0.15) is 5.75 Å². The number of ether oxygens (including phenoxy) is 3. The summed E-state index contributed by atoms with van der Waals surface area (Å²) in [5.41, 5.74) is 1.95. The Bertz CT molecular complexity index is 940. The summed E-state index contributed by atoms with van der Waals surface area (Å²) in [6.45, 7) is 2.05. The predicted octanol–water partition coefficient (Wildman–Crippen LogP) is 3.56. The second kappa shape index (κ2) is 6.72. The highest BCUT2D eigenvalue weighted by molar-refractivity contribution is 6.04. The normalized spacial score (nSPS) is 11.9. The van der Waals surface area contributed by atoms with Crippen LogP contribution in [0, 0.1) is 6.92 Å². The number of aryl methyl sites for hydroxylation is 1. The lowest BCUT2D eigenvalue weighted by Gasteiger charge is -2.08. The molecule has 1 amide bonds. The van der Waals surface area contributed by atoms with Crippen LogP contribution in [0.25, 0.3) is 0 Å². The van der Waals surface area contributed by atoms with Crippen LogP contribution in [-0.2, 0) is 0 Å². The standard InChI is InChI=1S/C19H15N3O4/c1-12-2-9-18(22-21-12)26-15-6-3-13(4-7-15)19(23)20-14-5-8-16-17(10-14)25-11-24-16/h2-10H,11H2,1H3,(H,20,23). The van der Waals surface area contributed by atoms with Crippen LogP contribution in [0.15, 0.2) is 54.6 Å². The molecule has 7 nitrogen and oxygen atoms in total. The third-order valence-electron chi connectivity index (χ3n) is 3.74. The molecule has 0 saturated carbocycles. The number of hydrogen-bond acceptors (Lipinski definition) is 6. The summed E-state index contributed by atoms with van der Waals surface area (Å²) in [5.74, 6) is 2.02. The molecule has 0 fully saturated rings. The molecule has 26 heavy (non-hydrogen) atoms. The van der Waals surface area contributed by atoms with Crippen molar-refractivity contribution in [2.45, 2.75) is 6.92 Å². The number of aromatic nitrogens is 2. The van der Waals surface area contributed by atoms with E-state index in [4.69, 9.17) is 14.2 Å². The Morgan fingerprint density at radius 3 is 2.58 bits per heavy atom. The van der Waals surface area contributed by atoms with Crippen LogP contribution in [0.1, 0.15) is 16.1 Å². The van der Waals surface area contributed by atoms with Crippen LogP contribution in [-0.4, -0.2) is 22.9 Å². The van der Waals surface area contributed by atoms with E-state index in [0.717, 1.165) is 5.69 Å². The van der Waals surface area contributed by atoms with E-state index in [-0.39, 0.29) is 12.7 Å². The number of nitrogens with one attached hydrogen (secondary N) is 1. The molecule has 4 rings (SSSR count). The van der Waals surface area contributed by atoms with Crippen LogP contribution in [0.3, 0.4) is 0 Å². The van der Waals surface area contributed by atoms with E-state index in [9.17, 15) is 4.79 Å². The minimum Gasteiger partial charge on any atom is -0.454 e. The van der Waals surface area contributed by atoms with Gasteiger partial charge in [0.2, 0.25) is 12.7 Å². The monoisotopic (exact) mass is 349 g/mol. The van der Waals surface area contributed by atoms with Crippen molar-refractivity contribution >= 4 is 11.6 Å². The molecule has 2 heterocycles. The molecule has 1 aliphatic rings. The second-order valence-electron chi connectivity index (χ2n) is 5.66. The van der Waals surface area contributed by atoms with E-state index in [1.807, 2.05) is 13.0 Å². The fourth-order valence-electron chi connectivity index (χ4n) is 2.41. The quantitative estimate of drug-likeness (QED) is 0.775. The maximum Gasteiger partial charge on any atom is 0.255 e. The predicted molar refractivity (Wildman–Crippen MR) is 93.8 cm³/mol. The van der Waals surface area contributed by atoms with E-state index < -0.39 is 0 Å². The molecule has 0 bridgehead atoms. The van der Waals surface area contributed by atoms with Gasteiger partial charge in [-0.25, -0.2) is 0 Å². The zero-order valence-electron chi connectivity index (χ0n) is 13.9. The molecule has 0 atom stereocenters. The summed E-state index contributed by atoms with van der Waals surface area (Å²) >= 11 is 0. The van der Waals surface area contributed by atoms with E-state index >= 15 is 0 Å². The van der Waals surface area contributed by atoms with Crippen molar-refractivity contribution in [3.63, 3.8) is 0 Å². The number of nitrogens with zero attached hydrogens (tertiary/aromatic N) is 2. The Morgan fingerprint density at radius 2 is 1.81 bits per heavy atom. The zero-order valence-corrected chi connectivity index (χ0v) is 13.9. The third kappa shape index (κ3) is 3.41. The van der Waals surface area contributed by atoms with Crippen LogP contribution in [0.4, 0.5) is 5.69 Å². The van der Waals surface area contributed by atoms with Crippen LogP contribution >= 0.6 is 0 Å². The zero-order chi connectivity index (χ0) is 17.9. The number of carbonyl (C=O) groups excluding carboxylic acids is 1. The van der Waals surface area contributed by atoms with Gasteiger partial charge in [0.15, 0.2) is 11.5 Å². The molecule has 0 spiro atoms. The first kappa shape index (κ1) is 15.9. The number of carbonyl (C=O) groups is 1. The van der Waals surface area contributed by atoms with Gasteiger partial charge in [-0.1, -0.05) is 0 Å². The molecule has 0 aliphatic carbocycles. The molecule has 0 unspecified atom stereocenters. The van der Waals surface area contributed by atoms with Gasteiger partial charge in [-0.2, -0.15) is 5.10 Å². The van der Waals surface area contributed by atoms with Gasteiger partial charge < -0.3 is 19.5 Å². The lowest BCUT2D eigenvalue weighted by molar-refractivity contribution is 0.102. The summed E-state index contributed by atoms with van der Waals surface area (Å²) in [5, 5.41) is 10.7. The highest BCUT2D eigenvalue weighted by Gasteiger charge is 2.14. The highest BCUT2D eigenvalue weighted by Crippen LogP contribution is 2.34. The van der Waals surface area contributed by atoms with Crippen molar-refractivity contribution < 1.29 is 19.0 Å². The van der Waals surface area contributed by atoms with Crippen LogP contribution in [0.2, 0.25) is 0 Å². The van der Waals surface area contributed by atoms with Gasteiger partial charge in [-0.3, -0.25) is 4.79 Å². The molecular weight excluding hydrogens is 334 g/mol. The molecule has 1 N–H and O–H groups in total. The summed E-state index contributed by atoms with van der Waals surface area (Å²) in [6, 6.07) is 15.6. The first-order valence-corrected chi connectivity index (χ1v) is 7.97. The van der Waals surface area contributed by atoms with Crippen molar-refractivity contribution in [2.24, 2.45) is 0 Å². The number of benzene rings is 2. The number of fused-ring (bicyclic) bond motifs is 1. The van der Waals surface area contributed by atoms with E-state index in [0.29, 0.717) is 34.4 Å². The maximum absolute atomic E-state index is 12.4. The summed E-state index contributed by atoms with van der Waals surface area (Å²) in [6.07, 6.45) is 0. The number of rotatable bonds is 4. The Kier molecular flexibility index (Phi) is 4.10. The van der Waals surface area contributed by atoms with Gasteiger partial charge in [0, 0.05) is 23.4 Å². The van der Waals surface area contributed by atoms with Gasteiger partial charge >= 0.3 is 0 Å². The topological polar surface area (TPSA) is 82.6 Å². The third-order valence-corrected chi connectivity index (χ3v) is 3.74. The number of amides is 1. The van der Waals surface area contributed by atoms with E-state index in [1.54, 1.807) is 48.5 Å². The fraction of sp³-hybridized carbons (Fsp3) is 0.105. The molecule has 7 heteroatoms. The van der Waals surface area contributed by atoms with Crippen molar-refractivity contribution in [1.82, 2.24) is 10.2 Å². The largest absolute Gasteiger partial charge is 0.454 e. The minimum atomic E-state index is -0.231. The average molecular weight is 349 g/mol. The van der Waals surface area contributed by atoms with Crippen molar-refractivity contribution in [2.75, 3.05) is 12.1 Å². The summed E-state index contributed by atoms with van der Waals surface area (Å²) < 4.78 is 16.2. The van der Waals surface area contributed by atoms with Gasteiger partial charge in [0.05, 0.1) is 5.69 Å². The first-order chi connectivity index (χ1) is 12.7.